The second-order valence-corrected chi connectivity index (χ2v) is 9.38. The molecule has 2 heterocycles. The van der Waals surface area contributed by atoms with Crippen molar-refractivity contribution in [3.63, 3.8) is 0 Å². The van der Waals surface area contributed by atoms with Crippen LogP contribution in [0.25, 0.3) is 21.8 Å². The van der Waals surface area contributed by atoms with E-state index in [0.29, 0.717) is 0 Å². The van der Waals surface area contributed by atoms with Gasteiger partial charge in [0.05, 0.1) is 11.0 Å². The van der Waals surface area contributed by atoms with Gasteiger partial charge in [0, 0.05) is 54.3 Å². The Bertz CT molecular complexity index is 1090. The van der Waals surface area contributed by atoms with Crippen LogP contribution in [0.5, 0.6) is 0 Å². The Morgan fingerprint density at radius 2 is 1.14 bits per heavy atom. The van der Waals surface area contributed by atoms with E-state index in [1.165, 1.54) is 20.6 Å². The van der Waals surface area contributed by atoms with Crippen molar-refractivity contribution in [2.45, 2.75) is 19.6 Å². The van der Waals surface area contributed by atoms with Crippen LogP contribution in [0.4, 0.5) is 0 Å². The number of thioether (sulfide) groups is 2. The molecule has 0 spiro atoms. The van der Waals surface area contributed by atoms with Crippen LogP contribution in [-0.2, 0) is 0 Å². The number of aromatic nitrogens is 2. The lowest BCUT2D eigenvalue weighted by Gasteiger charge is -2.14. The number of fused-ring (bicyclic) bond motifs is 2. The molecular weight excluding hydrogens is 412 g/mol. The summed E-state index contributed by atoms with van der Waals surface area (Å²) >= 11 is 5.34. The standard InChI is InChI=1S/C24H20N2S3/c1-3-13-27-23-17-9-5-7-11-19(17)25-15-21(23)29-22-16-26-20-12-8-6-10-18(20)24(22)28-14-4-2/h3-12,15-16H,1-2,13-14H2. The van der Waals surface area contributed by atoms with Gasteiger partial charge in [0.2, 0.25) is 0 Å². The van der Waals surface area contributed by atoms with Crippen LogP contribution >= 0.6 is 35.3 Å². The number of benzene rings is 2. The molecular formula is C24H20N2S3. The summed E-state index contributed by atoms with van der Waals surface area (Å²) in [6, 6.07) is 16.6. The van der Waals surface area contributed by atoms with Gasteiger partial charge in [-0.1, -0.05) is 60.3 Å². The van der Waals surface area contributed by atoms with Gasteiger partial charge >= 0.3 is 0 Å². The fourth-order valence-electron chi connectivity index (χ4n) is 3.04. The monoisotopic (exact) mass is 432 g/mol. The average molecular weight is 433 g/mol. The van der Waals surface area contributed by atoms with Crippen molar-refractivity contribution in [1.82, 2.24) is 9.97 Å². The third-order valence-electron chi connectivity index (χ3n) is 4.30. The first-order valence-electron chi connectivity index (χ1n) is 9.22. The first kappa shape index (κ1) is 20.1. The van der Waals surface area contributed by atoms with Crippen molar-refractivity contribution >= 4 is 57.1 Å². The van der Waals surface area contributed by atoms with E-state index in [2.05, 4.69) is 49.6 Å². The first-order chi connectivity index (χ1) is 14.3. The van der Waals surface area contributed by atoms with Gasteiger partial charge in [-0.05, 0) is 12.1 Å². The molecule has 29 heavy (non-hydrogen) atoms. The summed E-state index contributed by atoms with van der Waals surface area (Å²) in [5.41, 5.74) is 2.03. The van der Waals surface area contributed by atoms with Crippen LogP contribution in [0.15, 0.2) is 106 Å². The topological polar surface area (TPSA) is 25.8 Å². The lowest BCUT2D eigenvalue weighted by Crippen LogP contribution is -1.91. The van der Waals surface area contributed by atoms with Gasteiger partial charge in [0.15, 0.2) is 0 Å². The Labute approximate surface area is 183 Å². The lowest BCUT2D eigenvalue weighted by molar-refractivity contribution is 1.16. The molecule has 5 heteroatoms. The molecule has 0 N–H and O–H groups in total. The SMILES string of the molecule is C=CCSc1c(Sc2cnc3ccccc3c2SCC=C)cnc2ccccc12. The fourth-order valence-corrected chi connectivity index (χ4v) is 6.11. The van der Waals surface area contributed by atoms with Crippen molar-refractivity contribution in [1.29, 1.82) is 0 Å². The van der Waals surface area contributed by atoms with E-state index in [1.54, 1.807) is 35.3 Å². The molecule has 0 amide bonds. The highest BCUT2D eigenvalue weighted by Crippen LogP contribution is 2.43. The van der Waals surface area contributed by atoms with Crippen molar-refractivity contribution in [3.05, 3.63) is 86.2 Å². The Morgan fingerprint density at radius 1 is 0.690 bits per heavy atom. The molecule has 4 rings (SSSR count). The minimum absolute atomic E-state index is 0.857. The number of hydrogen-bond donors (Lipinski definition) is 0. The van der Waals surface area contributed by atoms with Gasteiger partial charge in [-0.2, -0.15) is 0 Å². The van der Waals surface area contributed by atoms with E-state index in [-0.39, 0.29) is 0 Å². The zero-order valence-corrected chi connectivity index (χ0v) is 18.3. The van der Waals surface area contributed by atoms with Gasteiger partial charge in [0.25, 0.3) is 0 Å². The van der Waals surface area contributed by atoms with Crippen LogP contribution in [0.2, 0.25) is 0 Å². The number of hydrogen-bond acceptors (Lipinski definition) is 5. The van der Waals surface area contributed by atoms with Gasteiger partial charge in [-0.15, -0.1) is 36.7 Å². The molecule has 0 atom stereocenters. The van der Waals surface area contributed by atoms with Crippen LogP contribution < -0.4 is 0 Å². The average Bonchev–Trinajstić information content (AvgIpc) is 2.77. The molecule has 2 aromatic heterocycles. The maximum absolute atomic E-state index is 4.70. The Hall–Kier alpha value is -2.21. The van der Waals surface area contributed by atoms with Gasteiger partial charge in [-0.3, -0.25) is 9.97 Å². The number of nitrogens with zero attached hydrogens (tertiary/aromatic N) is 2. The summed E-state index contributed by atoms with van der Waals surface area (Å²) in [5.74, 6) is 1.71. The number of rotatable bonds is 8. The molecule has 144 valence electrons. The Morgan fingerprint density at radius 3 is 1.59 bits per heavy atom. The molecule has 0 aliphatic carbocycles. The molecule has 0 aliphatic heterocycles. The maximum atomic E-state index is 4.70. The van der Waals surface area contributed by atoms with E-state index >= 15 is 0 Å². The van der Waals surface area contributed by atoms with Crippen LogP contribution in [0.3, 0.4) is 0 Å². The van der Waals surface area contributed by atoms with Crippen molar-refractivity contribution in [2.24, 2.45) is 0 Å². The first-order valence-corrected chi connectivity index (χ1v) is 12.0. The molecule has 0 radical (unpaired) electrons. The minimum atomic E-state index is 0.857. The number of para-hydroxylation sites is 2. The molecule has 2 aromatic carbocycles. The van der Waals surface area contributed by atoms with Gasteiger partial charge < -0.3 is 0 Å². The largest absolute Gasteiger partial charge is 0.255 e. The van der Waals surface area contributed by atoms with E-state index in [0.717, 1.165) is 32.3 Å². The van der Waals surface area contributed by atoms with Gasteiger partial charge in [-0.25, -0.2) is 0 Å². The molecule has 0 bridgehead atoms. The maximum Gasteiger partial charge on any atom is 0.0714 e. The molecule has 0 saturated carbocycles. The second kappa shape index (κ2) is 9.53. The minimum Gasteiger partial charge on any atom is -0.255 e. The molecule has 0 fully saturated rings. The number of pyridine rings is 2. The Kier molecular flexibility index (Phi) is 6.60. The van der Waals surface area contributed by atoms with Crippen molar-refractivity contribution in [3.8, 4) is 0 Å². The summed E-state index contributed by atoms with van der Waals surface area (Å²) in [4.78, 5) is 14.2. The zero-order valence-electron chi connectivity index (χ0n) is 15.9. The summed E-state index contributed by atoms with van der Waals surface area (Å²) in [6.07, 6.45) is 7.85. The van der Waals surface area contributed by atoms with Gasteiger partial charge in [0.1, 0.15) is 0 Å². The third-order valence-corrected chi connectivity index (χ3v) is 7.88. The highest BCUT2D eigenvalue weighted by molar-refractivity contribution is 8.04. The highest BCUT2D eigenvalue weighted by atomic mass is 32.2. The summed E-state index contributed by atoms with van der Waals surface area (Å²) in [6.45, 7) is 7.77. The van der Waals surface area contributed by atoms with E-state index in [9.17, 15) is 0 Å². The summed E-state index contributed by atoms with van der Waals surface area (Å²) < 4.78 is 0. The molecule has 0 aliphatic rings. The summed E-state index contributed by atoms with van der Waals surface area (Å²) in [5, 5.41) is 2.36. The van der Waals surface area contributed by atoms with E-state index < -0.39 is 0 Å². The van der Waals surface area contributed by atoms with Crippen LogP contribution in [0.1, 0.15) is 0 Å². The molecule has 0 unspecified atom stereocenters. The smallest absolute Gasteiger partial charge is 0.0714 e. The van der Waals surface area contributed by atoms with E-state index in [1.807, 2.05) is 36.7 Å². The van der Waals surface area contributed by atoms with Crippen molar-refractivity contribution < 1.29 is 0 Å². The predicted octanol–water partition coefficient (Wildman–Crippen LogP) is 7.49. The fraction of sp³-hybridized carbons (Fsp3) is 0.0833. The Balaban J connectivity index is 1.83. The quantitative estimate of drug-likeness (QED) is 0.212. The van der Waals surface area contributed by atoms with Crippen LogP contribution in [0, 0.1) is 0 Å². The van der Waals surface area contributed by atoms with E-state index in [4.69, 9.17) is 9.97 Å². The molecule has 4 aromatic rings. The second-order valence-electron chi connectivity index (χ2n) is 6.24. The highest BCUT2D eigenvalue weighted by Gasteiger charge is 2.15. The molecule has 0 saturated heterocycles. The molecule has 2 nitrogen and oxygen atoms in total. The van der Waals surface area contributed by atoms with Crippen LogP contribution in [-0.4, -0.2) is 21.5 Å². The predicted molar refractivity (Wildman–Crippen MR) is 129 cm³/mol. The normalized spacial score (nSPS) is 11.0. The third kappa shape index (κ3) is 4.37. The lowest BCUT2D eigenvalue weighted by atomic mass is 10.2. The van der Waals surface area contributed by atoms with Crippen molar-refractivity contribution in [2.75, 3.05) is 11.5 Å². The summed E-state index contributed by atoms with van der Waals surface area (Å²) in [7, 11) is 0. The zero-order chi connectivity index (χ0) is 20.1.